The summed E-state index contributed by atoms with van der Waals surface area (Å²) in [4.78, 5) is 16.5. The lowest BCUT2D eigenvalue weighted by atomic mass is 10.0. The normalized spacial score (nSPS) is 15.9. The van der Waals surface area contributed by atoms with Crippen molar-refractivity contribution in [2.45, 2.75) is 38.5 Å². The molecule has 1 fully saturated rings. The van der Waals surface area contributed by atoms with Crippen LogP contribution in [-0.4, -0.2) is 27.2 Å². The summed E-state index contributed by atoms with van der Waals surface area (Å²) < 4.78 is 6.50. The third kappa shape index (κ3) is 2.26. The Labute approximate surface area is 121 Å². The van der Waals surface area contributed by atoms with Gasteiger partial charge in [0.25, 0.3) is 0 Å². The molecule has 6 heteroatoms. The average Bonchev–Trinajstić information content (AvgIpc) is 3.08. The van der Waals surface area contributed by atoms with E-state index in [1.807, 2.05) is 6.07 Å². The van der Waals surface area contributed by atoms with Crippen molar-refractivity contribution in [3.63, 3.8) is 0 Å². The number of hydrogen-bond donors (Lipinski definition) is 0. The van der Waals surface area contributed by atoms with Crippen molar-refractivity contribution in [2.75, 3.05) is 6.61 Å². The molecule has 106 valence electrons. The molecule has 5 nitrogen and oxygen atoms in total. The highest BCUT2D eigenvalue weighted by Crippen LogP contribution is 2.34. The highest BCUT2D eigenvalue weighted by molar-refractivity contribution is 6.29. The Kier molecular flexibility index (Phi) is 3.61. The molecule has 0 aliphatic heterocycles. The van der Waals surface area contributed by atoms with Crippen molar-refractivity contribution >= 4 is 23.2 Å². The fraction of sp³-hybridized carbons (Fsp3) is 0.500. The quantitative estimate of drug-likeness (QED) is 0.644. The maximum atomic E-state index is 11.9. The summed E-state index contributed by atoms with van der Waals surface area (Å²) >= 11 is 6.24. The zero-order valence-electron chi connectivity index (χ0n) is 11.3. The molecule has 20 heavy (non-hydrogen) atoms. The molecule has 0 radical (unpaired) electrons. The first-order valence-electron chi connectivity index (χ1n) is 6.92. The molecule has 2 aromatic heterocycles. The molecule has 1 saturated carbocycles. The molecule has 0 aromatic carbocycles. The van der Waals surface area contributed by atoms with E-state index in [2.05, 4.69) is 10.1 Å². The molecule has 0 atom stereocenters. The molecule has 2 aromatic rings. The second kappa shape index (κ2) is 5.40. The van der Waals surface area contributed by atoms with Gasteiger partial charge < -0.3 is 4.74 Å². The molecule has 3 rings (SSSR count). The van der Waals surface area contributed by atoms with Crippen LogP contribution in [0.1, 0.15) is 54.6 Å². The largest absolute Gasteiger partial charge is 0.462 e. The lowest BCUT2D eigenvalue weighted by molar-refractivity contribution is 0.0528. The minimum atomic E-state index is -0.408. The Bertz CT molecular complexity index is 647. The maximum Gasteiger partial charge on any atom is 0.343 e. The van der Waals surface area contributed by atoms with E-state index in [1.165, 1.54) is 23.6 Å². The molecule has 0 spiro atoms. The molecular weight excluding hydrogens is 278 g/mol. The van der Waals surface area contributed by atoms with E-state index in [4.69, 9.17) is 16.3 Å². The minimum absolute atomic E-state index is 0.326. The third-order valence-electron chi connectivity index (χ3n) is 3.72. The van der Waals surface area contributed by atoms with E-state index in [1.54, 1.807) is 6.92 Å². The summed E-state index contributed by atoms with van der Waals surface area (Å²) in [5.41, 5.74) is 1.80. The summed E-state index contributed by atoms with van der Waals surface area (Å²) in [6, 6.07) is 1.85. The molecule has 0 bridgehead atoms. The Morgan fingerprint density at radius 3 is 2.95 bits per heavy atom. The van der Waals surface area contributed by atoms with E-state index in [0.717, 1.165) is 18.5 Å². The van der Waals surface area contributed by atoms with Crippen LogP contribution in [0.15, 0.2) is 12.3 Å². The first-order chi connectivity index (χ1) is 9.70. The molecule has 0 saturated heterocycles. The van der Waals surface area contributed by atoms with Crippen LogP contribution < -0.4 is 0 Å². The standard InChI is InChI=1S/C14H16ClN3O2/c1-2-20-14(19)10-8-16-18-12(15)7-11(17-13(10)18)9-5-3-4-6-9/h7-9H,2-6H2,1H3. The number of aromatic nitrogens is 3. The van der Waals surface area contributed by atoms with Gasteiger partial charge in [-0.25, -0.2) is 14.3 Å². The van der Waals surface area contributed by atoms with Crippen LogP contribution in [0.25, 0.3) is 5.65 Å². The molecule has 1 aliphatic rings. The second-order valence-corrected chi connectivity index (χ2v) is 5.39. The van der Waals surface area contributed by atoms with E-state index in [9.17, 15) is 4.79 Å². The molecular formula is C14H16ClN3O2. The van der Waals surface area contributed by atoms with Gasteiger partial charge in [0.05, 0.1) is 12.8 Å². The number of fused-ring (bicyclic) bond motifs is 1. The van der Waals surface area contributed by atoms with Gasteiger partial charge in [0.15, 0.2) is 5.65 Å². The van der Waals surface area contributed by atoms with Gasteiger partial charge in [-0.05, 0) is 25.8 Å². The van der Waals surface area contributed by atoms with E-state index >= 15 is 0 Å². The van der Waals surface area contributed by atoms with Crippen molar-refractivity contribution in [1.29, 1.82) is 0 Å². The van der Waals surface area contributed by atoms with Crippen LogP contribution in [-0.2, 0) is 4.74 Å². The third-order valence-corrected chi connectivity index (χ3v) is 3.99. The van der Waals surface area contributed by atoms with Crippen molar-refractivity contribution in [3.05, 3.63) is 28.7 Å². The lowest BCUT2D eigenvalue weighted by Gasteiger charge is -2.10. The molecule has 1 aliphatic carbocycles. The van der Waals surface area contributed by atoms with E-state index in [0.29, 0.717) is 28.9 Å². The minimum Gasteiger partial charge on any atom is -0.462 e. The number of esters is 1. The Hall–Kier alpha value is -1.62. The predicted molar refractivity (Wildman–Crippen MR) is 75.2 cm³/mol. The van der Waals surface area contributed by atoms with E-state index < -0.39 is 5.97 Å². The number of carbonyl (C=O) groups is 1. The van der Waals surface area contributed by atoms with Crippen LogP contribution in [0.2, 0.25) is 5.15 Å². The van der Waals surface area contributed by atoms with Crippen molar-refractivity contribution in [2.24, 2.45) is 0 Å². The fourth-order valence-corrected chi connectivity index (χ4v) is 2.96. The van der Waals surface area contributed by atoms with Crippen LogP contribution in [0.5, 0.6) is 0 Å². The van der Waals surface area contributed by atoms with Gasteiger partial charge in [-0.3, -0.25) is 0 Å². The maximum absolute atomic E-state index is 11.9. The van der Waals surface area contributed by atoms with Crippen LogP contribution in [0.3, 0.4) is 0 Å². The van der Waals surface area contributed by atoms with Gasteiger partial charge in [0, 0.05) is 11.6 Å². The number of halogens is 1. The van der Waals surface area contributed by atoms with Crippen LogP contribution in [0, 0.1) is 0 Å². The van der Waals surface area contributed by atoms with Crippen LogP contribution >= 0.6 is 11.6 Å². The molecule has 2 heterocycles. The topological polar surface area (TPSA) is 56.5 Å². The Morgan fingerprint density at radius 2 is 2.25 bits per heavy atom. The summed E-state index contributed by atoms with van der Waals surface area (Å²) in [6.07, 6.45) is 6.16. The lowest BCUT2D eigenvalue weighted by Crippen LogP contribution is -2.07. The zero-order valence-corrected chi connectivity index (χ0v) is 12.1. The monoisotopic (exact) mass is 293 g/mol. The molecule has 0 unspecified atom stereocenters. The van der Waals surface area contributed by atoms with Gasteiger partial charge in [0.1, 0.15) is 10.7 Å². The fourth-order valence-electron chi connectivity index (χ4n) is 2.73. The SMILES string of the molecule is CCOC(=O)c1cnn2c(Cl)cc(C3CCCC3)nc12. The zero-order chi connectivity index (χ0) is 14.1. The predicted octanol–water partition coefficient (Wildman–Crippen LogP) is 3.22. The highest BCUT2D eigenvalue weighted by Gasteiger charge is 2.22. The number of carbonyl (C=O) groups excluding carboxylic acids is 1. The van der Waals surface area contributed by atoms with Gasteiger partial charge in [-0.1, -0.05) is 24.4 Å². The first kappa shape index (κ1) is 13.4. The van der Waals surface area contributed by atoms with Gasteiger partial charge in [-0.2, -0.15) is 5.10 Å². The smallest absolute Gasteiger partial charge is 0.343 e. The van der Waals surface area contributed by atoms with Gasteiger partial charge >= 0.3 is 5.97 Å². The molecule has 0 amide bonds. The average molecular weight is 294 g/mol. The first-order valence-corrected chi connectivity index (χ1v) is 7.29. The van der Waals surface area contributed by atoms with Crippen LogP contribution in [0.4, 0.5) is 0 Å². The number of ether oxygens (including phenoxy) is 1. The summed E-state index contributed by atoms with van der Waals surface area (Å²) in [5, 5.41) is 4.59. The second-order valence-electron chi connectivity index (χ2n) is 5.00. The Balaban J connectivity index is 2.07. The van der Waals surface area contributed by atoms with Gasteiger partial charge in [0.2, 0.25) is 0 Å². The number of hydrogen-bond acceptors (Lipinski definition) is 4. The van der Waals surface area contributed by atoms with Crippen molar-refractivity contribution in [1.82, 2.24) is 14.6 Å². The Morgan fingerprint density at radius 1 is 1.50 bits per heavy atom. The van der Waals surface area contributed by atoms with Crippen molar-refractivity contribution < 1.29 is 9.53 Å². The highest BCUT2D eigenvalue weighted by atomic mass is 35.5. The summed E-state index contributed by atoms with van der Waals surface area (Å²) in [6.45, 7) is 2.10. The van der Waals surface area contributed by atoms with Crippen molar-refractivity contribution in [3.8, 4) is 0 Å². The van der Waals surface area contributed by atoms with E-state index in [-0.39, 0.29) is 0 Å². The molecule has 0 N–H and O–H groups in total. The number of nitrogens with zero attached hydrogens (tertiary/aromatic N) is 3. The van der Waals surface area contributed by atoms with Gasteiger partial charge in [-0.15, -0.1) is 0 Å². The number of rotatable bonds is 3. The summed E-state index contributed by atoms with van der Waals surface area (Å²) in [5.74, 6) is 0.0251. The summed E-state index contributed by atoms with van der Waals surface area (Å²) in [7, 11) is 0.